The zero-order chi connectivity index (χ0) is 47.3. The lowest BCUT2D eigenvalue weighted by atomic mass is 9.68. The smallest absolute Gasteiger partial charge is 0.333 e. The van der Waals surface area contributed by atoms with Gasteiger partial charge in [0.05, 0.1) is 30.8 Å². The molecule has 1 aliphatic carbocycles. The van der Waals surface area contributed by atoms with Crippen LogP contribution in [-0.2, 0) is 53.0 Å². The van der Waals surface area contributed by atoms with E-state index in [0.717, 1.165) is 33.4 Å². The third-order valence-electron chi connectivity index (χ3n) is 10.4. The number of rotatable bonds is 24. The van der Waals surface area contributed by atoms with Gasteiger partial charge in [-0.15, -0.1) is 0 Å². The van der Waals surface area contributed by atoms with E-state index in [1.54, 1.807) is 0 Å². The number of hydrogen-bond donors (Lipinski definition) is 0. The van der Waals surface area contributed by atoms with Crippen molar-refractivity contribution in [1.82, 2.24) is 0 Å². The van der Waals surface area contributed by atoms with E-state index in [2.05, 4.69) is 99.1 Å². The summed E-state index contributed by atoms with van der Waals surface area (Å²) in [4.78, 5) is 48.5. The number of hydrogen-bond acceptors (Lipinski definition) is 12. The van der Waals surface area contributed by atoms with Crippen LogP contribution in [0.1, 0.15) is 63.8 Å². The minimum Gasteiger partial charge on any atom is -0.491 e. The lowest BCUT2D eigenvalue weighted by Crippen LogP contribution is -2.32. The van der Waals surface area contributed by atoms with Crippen molar-refractivity contribution in [3.63, 3.8) is 0 Å². The molecule has 4 unspecified atom stereocenters. The molecule has 12 heteroatoms. The molecule has 0 saturated carbocycles. The molecule has 4 atom stereocenters. The Morgan fingerprint density at radius 1 is 0.462 bits per heavy atom. The van der Waals surface area contributed by atoms with Crippen molar-refractivity contribution in [3.8, 4) is 22.6 Å². The van der Waals surface area contributed by atoms with Gasteiger partial charge in [-0.25, -0.2) is 19.2 Å². The summed E-state index contributed by atoms with van der Waals surface area (Å²) >= 11 is 0. The summed E-state index contributed by atoms with van der Waals surface area (Å²) in [6.07, 6.45) is -2.52. The maximum Gasteiger partial charge on any atom is 0.333 e. The van der Waals surface area contributed by atoms with E-state index in [1.807, 2.05) is 38.1 Å². The van der Waals surface area contributed by atoms with Gasteiger partial charge in [0.15, 0.2) is 12.2 Å². The van der Waals surface area contributed by atoms with Crippen LogP contribution in [0, 0.1) is 0 Å². The summed E-state index contributed by atoms with van der Waals surface area (Å²) in [6.45, 7) is 24.1. The molecule has 5 rings (SSSR count). The molecule has 0 amide bonds. The number of esters is 4. The SMILES string of the molecule is C=C(C)C(=O)OCC(COC(C)COc1ccc(C2(c3ccc(OCC(C)OCC(COC(=O)C(=C)C)OC(=O)C(=C)C)cc3)c3ccccc3-c3ccccc32)cc1)OC(=O)C(=C)C. The predicted molar refractivity (Wildman–Crippen MR) is 246 cm³/mol. The largest absolute Gasteiger partial charge is 0.491 e. The number of carbonyl (C=O) groups excluding carboxylic acids is 4. The van der Waals surface area contributed by atoms with E-state index in [-0.39, 0.29) is 61.9 Å². The standard InChI is InChI=1S/C53H58O12/c1-33(2)49(54)62-31-43(64-51(56)35(5)6)29-58-37(9)27-60-41-23-19-39(20-24-41)53(47-17-13-11-15-45(47)46-16-12-14-18-48(46)53)40-21-25-42(26-22-40)61-28-38(10)59-30-44(65-52(57)36(7)8)32-63-50(55)34(3)4/h11-26,37-38,43-44H,1,3,5,7,27-32H2,2,4,6,8-10H3. The Bertz CT molecular complexity index is 2210. The summed E-state index contributed by atoms with van der Waals surface area (Å²) in [5.41, 5.74) is 6.82. The first kappa shape index (κ1) is 49.3. The Kier molecular flexibility index (Phi) is 17.2. The Labute approximate surface area is 381 Å². The van der Waals surface area contributed by atoms with Crippen LogP contribution in [0.3, 0.4) is 0 Å². The maximum absolute atomic E-state index is 12.2. The highest BCUT2D eigenvalue weighted by Gasteiger charge is 2.46. The first-order valence-corrected chi connectivity index (χ1v) is 21.3. The molecule has 342 valence electrons. The van der Waals surface area contributed by atoms with Gasteiger partial charge in [0, 0.05) is 22.3 Å². The topological polar surface area (TPSA) is 142 Å². The molecule has 0 aliphatic heterocycles. The molecule has 1 aliphatic rings. The van der Waals surface area contributed by atoms with Gasteiger partial charge in [0.25, 0.3) is 0 Å². The second-order valence-corrected chi connectivity index (χ2v) is 16.2. The van der Waals surface area contributed by atoms with Crippen LogP contribution in [0.5, 0.6) is 11.5 Å². The third kappa shape index (κ3) is 12.7. The van der Waals surface area contributed by atoms with Gasteiger partial charge >= 0.3 is 23.9 Å². The maximum atomic E-state index is 12.2. The molecule has 12 nitrogen and oxygen atoms in total. The molecule has 0 aromatic heterocycles. The molecule has 0 N–H and O–H groups in total. The zero-order valence-corrected chi connectivity index (χ0v) is 38.0. The highest BCUT2D eigenvalue weighted by Crippen LogP contribution is 2.56. The number of ether oxygens (including phenoxy) is 8. The van der Waals surface area contributed by atoms with Crippen LogP contribution >= 0.6 is 0 Å². The molecule has 0 fully saturated rings. The zero-order valence-electron chi connectivity index (χ0n) is 38.0. The van der Waals surface area contributed by atoms with Gasteiger partial charge in [-0.3, -0.25) is 0 Å². The molecule has 4 aromatic rings. The van der Waals surface area contributed by atoms with E-state index in [0.29, 0.717) is 11.5 Å². The minimum absolute atomic E-state index is 0.0322. The van der Waals surface area contributed by atoms with Crippen molar-refractivity contribution < 1.29 is 57.1 Å². The quantitative estimate of drug-likeness (QED) is 0.0332. The van der Waals surface area contributed by atoms with E-state index < -0.39 is 53.7 Å². The third-order valence-corrected chi connectivity index (χ3v) is 10.4. The van der Waals surface area contributed by atoms with Crippen LogP contribution in [0.4, 0.5) is 0 Å². The summed E-state index contributed by atoms with van der Waals surface area (Å²) in [7, 11) is 0. The fourth-order valence-electron chi connectivity index (χ4n) is 7.01. The lowest BCUT2D eigenvalue weighted by molar-refractivity contribution is -0.159. The first-order valence-electron chi connectivity index (χ1n) is 21.3. The number of fused-ring (bicyclic) bond motifs is 3. The molecule has 0 spiro atoms. The van der Waals surface area contributed by atoms with E-state index >= 15 is 0 Å². The van der Waals surface area contributed by atoms with Crippen LogP contribution in [-0.4, -0.2) is 87.9 Å². The Morgan fingerprint density at radius 2 is 0.800 bits per heavy atom. The summed E-state index contributed by atoms with van der Waals surface area (Å²) in [5.74, 6) is -1.16. The summed E-state index contributed by atoms with van der Waals surface area (Å²) in [6, 6.07) is 32.9. The van der Waals surface area contributed by atoms with Crippen LogP contribution in [0.25, 0.3) is 11.1 Å². The normalized spacial score (nSPS) is 13.9. The van der Waals surface area contributed by atoms with Crippen molar-refractivity contribution in [2.45, 2.75) is 71.4 Å². The van der Waals surface area contributed by atoms with Crippen LogP contribution < -0.4 is 9.47 Å². The van der Waals surface area contributed by atoms with Crippen molar-refractivity contribution >= 4 is 23.9 Å². The average molecular weight is 887 g/mol. The molecule has 0 saturated heterocycles. The highest BCUT2D eigenvalue weighted by atomic mass is 16.6. The Hall–Kier alpha value is -6.76. The molecule has 65 heavy (non-hydrogen) atoms. The number of carbonyl (C=O) groups is 4. The van der Waals surface area contributed by atoms with Gasteiger partial charge < -0.3 is 37.9 Å². The summed E-state index contributed by atoms with van der Waals surface area (Å²) < 4.78 is 45.6. The van der Waals surface area contributed by atoms with Gasteiger partial charge in [0.2, 0.25) is 0 Å². The van der Waals surface area contributed by atoms with Gasteiger partial charge in [0.1, 0.15) is 37.9 Å². The minimum atomic E-state index is -0.854. The monoisotopic (exact) mass is 886 g/mol. The van der Waals surface area contributed by atoms with E-state index in [9.17, 15) is 19.2 Å². The fourth-order valence-corrected chi connectivity index (χ4v) is 7.01. The molecule has 0 heterocycles. The predicted octanol–water partition coefficient (Wildman–Crippen LogP) is 8.83. The first-order chi connectivity index (χ1) is 31.0. The second kappa shape index (κ2) is 22.7. The number of benzene rings is 4. The van der Waals surface area contributed by atoms with E-state index in [4.69, 9.17) is 37.9 Å². The highest BCUT2D eigenvalue weighted by molar-refractivity contribution is 5.89. The summed E-state index contributed by atoms with van der Waals surface area (Å²) in [5, 5.41) is 0. The molecule has 4 aromatic carbocycles. The van der Waals surface area contributed by atoms with Gasteiger partial charge in [-0.1, -0.05) is 99.1 Å². The Morgan fingerprint density at radius 3 is 1.14 bits per heavy atom. The molecular formula is C53H58O12. The molecule has 0 bridgehead atoms. The van der Waals surface area contributed by atoms with Crippen LogP contribution in [0.15, 0.2) is 146 Å². The Balaban J connectivity index is 1.29. The second-order valence-electron chi connectivity index (χ2n) is 16.2. The molecule has 0 radical (unpaired) electrons. The lowest BCUT2D eigenvalue weighted by Gasteiger charge is -2.34. The fraction of sp³-hybridized carbons (Fsp3) is 0.321. The van der Waals surface area contributed by atoms with Crippen molar-refractivity contribution in [1.29, 1.82) is 0 Å². The molecular weight excluding hydrogens is 829 g/mol. The van der Waals surface area contributed by atoms with Gasteiger partial charge in [-0.2, -0.15) is 0 Å². The van der Waals surface area contributed by atoms with Crippen LogP contribution in [0.2, 0.25) is 0 Å². The average Bonchev–Trinajstić information content (AvgIpc) is 3.60. The van der Waals surface area contributed by atoms with E-state index in [1.165, 1.54) is 27.7 Å². The van der Waals surface area contributed by atoms with Gasteiger partial charge in [-0.05, 0) is 99.2 Å². The van der Waals surface area contributed by atoms with Crippen molar-refractivity contribution in [2.24, 2.45) is 0 Å². The van der Waals surface area contributed by atoms with Crippen molar-refractivity contribution in [3.05, 3.63) is 168 Å². The van der Waals surface area contributed by atoms with Crippen molar-refractivity contribution in [2.75, 3.05) is 39.6 Å².